The third-order valence-electron chi connectivity index (χ3n) is 12.3. The summed E-state index contributed by atoms with van der Waals surface area (Å²) in [5.41, 5.74) is 0. The monoisotopic (exact) mass is 834 g/mol. The molecule has 0 aromatic carbocycles. The third-order valence-corrected chi connectivity index (χ3v) is 12.3. The lowest BCUT2D eigenvalue weighted by Gasteiger charge is -2.22. The average molecular weight is 834 g/mol. The van der Waals surface area contributed by atoms with Crippen LogP contribution >= 0.6 is 0 Å². The minimum absolute atomic E-state index is 0.00765. The molecule has 0 aromatic rings. The quantitative estimate of drug-likeness (QED) is 0.0322. The van der Waals surface area contributed by atoms with Gasteiger partial charge in [0.1, 0.15) is 0 Å². The van der Waals surface area contributed by atoms with Crippen molar-refractivity contribution in [2.45, 2.75) is 302 Å². The van der Waals surface area contributed by atoms with E-state index in [0.29, 0.717) is 25.9 Å². The van der Waals surface area contributed by atoms with Crippen molar-refractivity contribution in [3.8, 4) is 0 Å². The van der Waals surface area contributed by atoms with Crippen molar-refractivity contribution in [3.63, 3.8) is 0 Å². The number of aliphatic hydroxyl groups is 2. The Balaban J connectivity index is 3.43. The maximum Gasteiger partial charge on any atom is 0.305 e. The molecular formula is C53H103NO5. The number of aliphatic hydroxyl groups excluding tert-OH is 2. The van der Waals surface area contributed by atoms with E-state index in [4.69, 9.17) is 4.74 Å². The predicted molar refractivity (Wildman–Crippen MR) is 255 cm³/mol. The Morgan fingerprint density at radius 2 is 0.814 bits per heavy atom. The van der Waals surface area contributed by atoms with Gasteiger partial charge in [-0.3, -0.25) is 9.59 Å². The van der Waals surface area contributed by atoms with Crippen LogP contribution in [0.1, 0.15) is 290 Å². The minimum atomic E-state index is -0.668. The molecule has 3 N–H and O–H groups in total. The highest BCUT2D eigenvalue weighted by atomic mass is 16.5. The fraction of sp³-hybridized carbons (Fsp3) is 0.925. The van der Waals surface area contributed by atoms with Gasteiger partial charge in [-0.2, -0.15) is 0 Å². The summed E-state index contributed by atoms with van der Waals surface area (Å²) in [6.45, 7) is 4.91. The van der Waals surface area contributed by atoms with E-state index in [0.717, 1.165) is 44.9 Å². The molecule has 6 heteroatoms. The largest absolute Gasteiger partial charge is 0.466 e. The number of carbonyl (C=O) groups is 2. The Kier molecular flexibility index (Phi) is 48.1. The van der Waals surface area contributed by atoms with Crippen molar-refractivity contribution < 1.29 is 24.5 Å². The molecule has 0 heterocycles. The van der Waals surface area contributed by atoms with Gasteiger partial charge in [0.15, 0.2) is 0 Å². The fourth-order valence-electron chi connectivity index (χ4n) is 8.21. The van der Waals surface area contributed by atoms with Crippen LogP contribution in [0.25, 0.3) is 0 Å². The zero-order chi connectivity index (χ0) is 43.0. The Labute approximate surface area is 368 Å². The van der Waals surface area contributed by atoms with Gasteiger partial charge in [-0.25, -0.2) is 0 Å². The lowest BCUT2D eigenvalue weighted by molar-refractivity contribution is -0.143. The Morgan fingerprint density at radius 3 is 1.25 bits per heavy atom. The molecule has 0 bridgehead atoms. The van der Waals surface area contributed by atoms with Gasteiger partial charge >= 0.3 is 5.97 Å². The van der Waals surface area contributed by atoms with Gasteiger partial charge in [-0.1, -0.05) is 244 Å². The van der Waals surface area contributed by atoms with E-state index >= 15 is 0 Å². The topological polar surface area (TPSA) is 95.9 Å². The van der Waals surface area contributed by atoms with E-state index in [-0.39, 0.29) is 18.5 Å². The second-order valence-corrected chi connectivity index (χ2v) is 18.2. The first-order valence-electron chi connectivity index (χ1n) is 26.4. The summed E-state index contributed by atoms with van der Waals surface area (Å²) >= 11 is 0. The van der Waals surface area contributed by atoms with Crippen LogP contribution in [0.3, 0.4) is 0 Å². The number of amides is 1. The van der Waals surface area contributed by atoms with Crippen molar-refractivity contribution in [2.24, 2.45) is 0 Å². The van der Waals surface area contributed by atoms with Gasteiger partial charge in [-0.15, -0.1) is 0 Å². The summed E-state index contributed by atoms with van der Waals surface area (Å²) in [6, 6.07) is -0.545. The number of allylic oxidation sites excluding steroid dienone is 2. The number of nitrogens with one attached hydrogen (secondary N) is 1. The summed E-state index contributed by atoms with van der Waals surface area (Å²) in [7, 11) is 0. The molecule has 59 heavy (non-hydrogen) atoms. The molecule has 1 amide bonds. The van der Waals surface area contributed by atoms with Crippen molar-refractivity contribution in [2.75, 3.05) is 13.2 Å². The molecule has 2 unspecified atom stereocenters. The zero-order valence-electron chi connectivity index (χ0n) is 39.7. The van der Waals surface area contributed by atoms with Gasteiger partial charge in [0.05, 0.1) is 25.4 Å². The molecule has 2 atom stereocenters. The third kappa shape index (κ3) is 45.9. The van der Waals surface area contributed by atoms with E-state index in [1.165, 1.54) is 212 Å². The molecule has 0 aliphatic carbocycles. The van der Waals surface area contributed by atoms with Crippen molar-refractivity contribution in [3.05, 3.63) is 12.2 Å². The van der Waals surface area contributed by atoms with Crippen molar-refractivity contribution >= 4 is 11.9 Å². The number of ether oxygens (including phenoxy) is 1. The van der Waals surface area contributed by atoms with E-state index in [1.807, 2.05) is 0 Å². The summed E-state index contributed by atoms with van der Waals surface area (Å²) in [5.74, 6) is -0.0483. The van der Waals surface area contributed by atoms with Crippen LogP contribution in [-0.2, 0) is 14.3 Å². The van der Waals surface area contributed by atoms with Gasteiger partial charge in [0.25, 0.3) is 0 Å². The molecule has 0 rings (SSSR count). The van der Waals surface area contributed by atoms with Gasteiger partial charge in [0.2, 0.25) is 5.91 Å². The number of unbranched alkanes of at least 4 members (excludes halogenated alkanes) is 36. The van der Waals surface area contributed by atoms with Crippen LogP contribution in [0.15, 0.2) is 12.2 Å². The zero-order valence-corrected chi connectivity index (χ0v) is 39.7. The first kappa shape index (κ1) is 57.6. The fourth-order valence-corrected chi connectivity index (χ4v) is 8.21. The summed E-state index contributed by atoms with van der Waals surface area (Å²) in [4.78, 5) is 24.4. The summed E-state index contributed by atoms with van der Waals surface area (Å²) < 4.78 is 5.44. The molecular weight excluding hydrogens is 731 g/mol. The van der Waals surface area contributed by atoms with Crippen LogP contribution in [0, 0.1) is 0 Å². The van der Waals surface area contributed by atoms with Crippen LogP contribution in [-0.4, -0.2) is 47.4 Å². The Morgan fingerprint density at radius 1 is 0.458 bits per heavy atom. The van der Waals surface area contributed by atoms with E-state index < -0.39 is 12.1 Å². The van der Waals surface area contributed by atoms with Gasteiger partial charge < -0.3 is 20.3 Å². The molecule has 6 nitrogen and oxygen atoms in total. The standard InChI is InChI=1S/C53H103NO5/c1-3-5-7-9-11-13-15-16-19-22-26-29-33-37-41-45-51(56)50(49-55)54-52(57)46-42-38-34-30-27-23-20-17-18-21-24-28-32-36-40-44-48-59-53(58)47-43-39-35-31-25-14-12-10-8-6-4-2/h10,12,50-51,55-56H,3-9,11,13-49H2,1-2H3,(H,54,57)/b12-10-. The van der Waals surface area contributed by atoms with E-state index in [2.05, 4.69) is 31.3 Å². The lowest BCUT2D eigenvalue weighted by Crippen LogP contribution is -2.45. The highest BCUT2D eigenvalue weighted by Crippen LogP contribution is 2.17. The number of rotatable bonds is 49. The number of carbonyl (C=O) groups excluding carboxylic acids is 2. The molecule has 0 spiro atoms. The molecule has 0 saturated carbocycles. The Hall–Kier alpha value is -1.40. The molecule has 350 valence electrons. The van der Waals surface area contributed by atoms with Crippen LogP contribution < -0.4 is 5.32 Å². The van der Waals surface area contributed by atoms with Crippen molar-refractivity contribution in [1.82, 2.24) is 5.32 Å². The summed E-state index contributed by atoms with van der Waals surface area (Å²) in [6.07, 6.45) is 56.1. The number of hydrogen-bond acceptors (Lipinski definition) is 5. The second kappa shape index (κ2) is 49.3. The van der Waals surface area contributed by atoms with E-state index in [9.17, 15) is 19.8 Å². The Bertz CT molecular complexity index is 878. The first-order valence-corrected chi connectivity index (χ1v) is 26.4. The highest BCUT2D eigenvalue weighted by molar-refractivity contribution is 5.76. The van der Waals surface area contributed by atoms with E-state index in [1.54, 1.807) is 0 Å². The van der Waals surface area contributed by atoms with Gasteiger partial charge in [-0.05, 0) is 44.9 Å². The molecule has 0 fully saturated rings. The van der Waals surface area contributed by atoms with Crippen LogP contribution in [0.4, 0.5) is 0 Å². The number of esters is 1. The van der Waals surface area contributed by atoms with Crippen LogP contribution in [0.5, 0.6) is 0 Å². The maximum atomic E-state index is 12.5. The van der Waals surface area contributed by atoms with Gasteiger partial charge in [0, 0.05) is 12.8 Å². The lowest BCUT2D eigenvalue weighted by atomic mass is 10.0. The normalized spacial score (nSPS) is 12.7. The average Bonchev–Trinajstić information content (AvgIpc) is 3.24. The van der Waals surface area contributed by atoms with Crippen LogP contribution in [0.2, 0.25) is 0 Å². The molecule has 0 aliphatic heterocycles. The second-order valence-electron chi connectivity index (χ2n) is 18.2. The number of hydrogen-bond donors (Lipinski definition) is 3. The predicted octanol–water partition coefficient (Wildman–Crippen LogP) is 15.7. The first-order chi connectivity index (χ1) is 29.0. The smallest absolute Gasteiger partial charge is 0.305 e. The SMILES string of the molecule is CCCC/C=C\CCCCCCCC(=O)OCCCCCCCCCCCCCCCCCCC(=O)NC(CO)C(O)CCCCCCCCCCCCCCCCC. The maximum absolute atomic E-state index is 12.5. The molecule has 0 aliphatic rings. The molecule has 0 radical (unpaired) electrons. The van der Waals surface area contributed by atoms with Crippen molar-refractivity contribution in [1.29, 1.82) is 0 Å². The highest BCUT2D eigenvalue weighted by Gasteiger charge is 2.20. The molecule has 0 aromatic heterocycles. The summed E-state index contributed by atoms with van der Waals surface area (Å²) in [5, 5.41) is 23.2. The molecule has 0 saturated heterocycles. The minimum Gasteiger partial charge on any atom is -0.466 e.